The van der Waals surface area contributed by atoms with Gasteiger partial charge in [-0.2, -0.15) is 0 Å². The molecule has 2 atom stereocenters. The molecule has 1 aromatic rings. The molecule has 0 spiro atoms. The van der Waals surface area contributed by atoms with Crippen LogP contribution < -0.4 is 5.32 Å². The summed E-state index contributed by atoms with van der Waals surface area (Å²) < 4.78 is 11.1. The molecule has 0 saturated carbocycles. The Morgan fingerprint density at radius 1 is 1.53 bits per heavy atom. The molecule has 1 saturated heterocycles. The van der Waals surface area contributed by atoms with Crippen LogP contribution in [0.25, 0.3) is 0 Å². The Labute approximate surface area is 90.8 Å². The van der Waals surface area contributed by atoms with Crippen molar-refractivity contribution in [2.45, 2.75) is 38.4 Å². The lowest BCUT2D eigenvalue weighted by Crippen LogP contribution is -2.42. The zero-order chi connectivity index (χ0) is 10.7. The predicted octanol–water partition coefficient (Wildman–Crippen LogP) is 2.15. The quantitative estimate of drug-likeness (QED) is 0.828. The van der Waals surface area contributed by atoms with Crippen LogP contribution in [0, 0.1) is 0 Å². The van der Waals surface area contributed by atoms with Gasteiger partial charge in [0.25, 0.3) is 0 Å². The minimum atomic E-state index is 0.274. The van der Waals surface area contributed by atoms with Crippen LogP contribution >= 0.6 is 0 Å². The van der Waals surface area contributed by atoms with Gasteiger partial charge in [0, 0.05) is 12.5 Å². The minimum absolute atomic E-state index is 0.274. The van der Waals surface area contributed by atoms with Gasteiger partial charge in [0.1, 0.15) is 0 Å². The molecular weight excluding hydrogens is 190 g/mol. The van der Waals surface area contributed by atoms with Crippen LogP contribution in [-0.2, 0) is 4.74 Å². The normalized spacial score (nSPS) is 27.1. The minimum Gasteiger partial charge on any atom is -0.472 e. The fourth-order valence-electron chi connectivity index (χ4n) is 2.19. The van der Waals surface area contributed by atoms with Crippen molar-refractivity contribution in [2.75, 3.05) is 13.1 Å². The summed E-state index contributed by atoms with van der Waals surface area (Å²) in [6, 6.07) is 2.05. The van der Waals surface area contributed by atoms with Crippen LogP contribution in [0.3, 0.4) is 0 Å². The molecule has 3 nitrogen and oxygen atoms in total. The Morgan fingerprint density at radius 3 is 3.07 bits per heavy atom. The number of rotatable bonds is 3. The van der Waals surface area contributed by atoms with E-state index in [4.69, 9.17) is 9.15 Å². The molecule has 15 heavy (non-hydrogen) atoms. The van der Waals surface area contributed by atoms with E-state index in [1.807, 2.05) is 12.3 Å². The van der Waals surface area contributed by atoms with Crippen molar-refractivity contribution in [1.82, 2.24) is 5.32 Å². The fourth-order valence-corrected chi connectivity index (χ4v) is 2.19. The number of nitrogens with one attached hydrogen (secondary N) is 1. The Hall–Kier alpha value is -0.800. The van der Waals surface area contributed by atoms with E-state index >= 15 is 0 Å². The summed E-state index contributed by atoms with van der Waals surface area (Å²) in [6.07, 6.45) is 5.26. The lowest BCUT2D eigenvalue weighted by Gasteiger charge is -2.32. The SMILES string of the molecule is CC(C)O[C@@H]1CNCCC1c1ccoc1. The van der Waals surface area contributed by atoms with Crippen molar-refractivity contribution in [3.8, 4) is 0 Å². The standard InChI is InChI=1S/C12H19NO2/c1-9(2)15-12-7-13-5-3-11(12)10-4-6-14-8-10/h4,6,8-9,11-13H,3,5,7H2,1-2H3/t11?,12-/m1/s1. The monoisotopic (exact) mass is 209 g/mol. The summed E-state index contributed by atoms with van der Waals surface area (Å²) >= 11 is 0. The molecule has 3 heteroatoms. The van der Waals surface area contributed by atoms with Crippen LogP contribution in [0.5, 0.6) is 0 Å². The molecule has 84 valence electrons. The van der Waals surface area contributed by atoms with Crippen LogP contribution in [0.2, 0.25) is 0 Å². The molecule has 0 radical (unpaired) electrons. The molecule has 1 fully saturated rings. The summed E-state index contributed by atoms with van der Waals surface area (Å²) in [4.78, 5) is 0. The molecule has 2 rings (SSSR count). The topological polar surface area (TPSA) is 34.4 Å². The number of furan rings is 1. The van der Waals surface area contributed by atoms with Gasteiger partial charge in [-0.05, 0) is 38.4 Å². The molecule has 0 bridgehead atoms. The summed E-state index contributed by atoms with van der Waals surface area (Å²) in [7, 11) is 0. The zero-order valence-electron chi connectivity index (χ0n) is 9.40. The maximum absolute atomic E-state index is 5.92. The number of ether oxygens (including phenoxy) is 1. The molecule has 2 heterocycles. The molecule has 1 unspecified atom stereocenters. The Balaban J connectivity index is 2.06. The highest BCUT2D eigenvalue weighted by molar-refractivity contribution is 5.15. The van der Waals surface area contributed by atoms with Gasteiger partial charge in [-0.25, -0.2) is 0 Å². The Bertz CT molecular complexity index is 282. The van der Waals surface area contributed by atoms with Crippen molar-refractivity contribution in [1.29, 1.82) is 0 Å². The van der Waals surface area contributed by atoms with Gasteiger partial charge < -0.3 is 14.5 Å². The Morgan fingerprint density at radius 2 is 2.40 bits per heavy atom. The van der Waals surface area contributed by atoms with Crippen molar-refractivity contribution in [3.63, 3.8) is 0 Å². The van der Waals surface area contributed by atoms with Gasteiger partial charge in [0.2, 0.25) is 0 Å². The van der Waals surface area contributed by atoms with Gasteiger partial charge in [0.15, 0.2) is 0 Å². The third-order valence-corrected chi connectivity index (χ3v) is 2.84. The van der Waals surface area contributed by atoms with Gasteiger partial charge in [-0.15, -0.1) is 0 Å². The largest absolute Gasteiger partial charge is 0.472 e. The smallest absolute Gasteiger partial charge is 0.0938 e. The third-order valence-electron chi connectivity index (χ3n) is 2.84. The molecule has 1 aliphatic rings. The summed E-state index contributed by atoms with van der Waals surface area (Å²) in [5.41, 5.74) is 1.27. The average molecular weight is 209 g/mol. The van der Waals surface area contributed by atoms with Gasteiger partial charge in [-0.1, -0.05) is 0 Å². The lowest BCUT2D eigenvalue weighted by molar-refractivity contribution is -0.0171. The van der Waals surface area contributed by atoms with Gasteiger partial charge >= 0.3 is 0 Å². The fraction of sp³-hybridized carbons (Fsp3) is 0.667. The molecule has 1 N–H and O–H groups in total. The second kappa shape index (κ2) is 4.81. The van der Waals surface area contributed by atoms with Crippen LogP contribution in [-0.4, -0.2) is 25.3 Å². The average Bonchev–Trinajstić information content (AvgIpc) is 2.70. The summed E-state index contributed by atoms with van der Waals surface area (Å²) in [5, 5.41) is 3.38. The first-order chi connectivity index (χ1) is 7.27. The van der Waals surface area contributed by atoms with E-state index in [0.717, 1.165) is 19.5 Å². The van der Waals surface area contributed by atoms with E-state index in [1.165, 1.54) is 5.56 Å². The van der Waals surface area contributed by atoms with E-state index in [-0.39, 0.29) is 12.2 Å². The van der Waals surface area contributed by atoms with E-state index in [2.05, 4.69) is 19.2 Å². The zero-order valence-corrected chi connectivity index (χ0v) is 9.40. The van der Waals surface area contributed by atoms with Crippen molar-refractivity contribution in [3.05, 3.63) is 24.2 Å². The van der Waals surface area contributed by atoms with Gasteiger partial charge in [0.05, 0.1) is 24.7 Å². The van der Waals surface area contributed by atoms with E-state index in [1.54, 1.807) is 6.26 Å². The summed E-state index contributed by atoms with van der Waals surface area (Å²) in [5.74, 6) is 0.479. The molecular formula is C12H19NO2. The predicted molar refractivity (Wildman–Crippen MR) is 58.9 cm³/mol. The highest BCUT2D eigenvalue weighted by Crippen LogP contribution is 2.28. The molecule has 0 aromatic carbocycles. The molecule has 0 aliphatic carbocycles. The first-order valence-electron chi connectivity index (χ1n) is 5.65. The molecule has 0 amide bonds. The van der Waals surface area contributed by atoms with E-state index in [0.29, 0.717) is 5.92 Å². The summed E-state index contributed by atoms with van der Waals surface area (Å²) in [6.45, 7) is 6.17. The van der Waals surface area contributed by atoms with E-state index < -0.39 is 0 Å². The highest BCUT2D eigenvalue weighted by atomic mass is 16.5. The Kier molecular flexibility index (Phi) is 3.44. The van der Waals surface area contributed by atoms with Crippen molar-refractivity contribution >= 4 is 0 Å². The third kappa shape index (κ3) is 2.61. The van der Waals surface area contributed by atoms with Crippen LogP contribution in [0.15, 0.2) is 23.0 Å². The highest BCUT2D eigenvalue weighted by Gasteiger charge is 2.28. The van der Waals surface area contributed by atoms with E-state index in [9.17, 15) is 0 Å². The number of hydrogen-bond acceptors (Lipinski definition) is 3. The second-order valence-electron chi connectivity index (χ2n) is 4.38. The molecule has 1 aliphatic heterocycles. The second-order valence-corrected chi connectivity index (χ2v) is 4.38. The van der Waals surface area contributed by atoms with Crippen LogP contribution in [0.4, 0.5) is 0 Å². The first kappa shape index (κ1) is 10.7. The van der Waals surface area contributed by atoms with Gasteiger partial charge in [-0.3, -0.25) is 0 Å². The van der Waals surface area contributed by atoms with Crippen molar-refractivity contribution in [2.24, 2.45) is 0 Å². The number of piperidine rings is 1. The van der Waals surface area contributed by atoms with Crippen LogP contribution in [0.1, 0.15) is 31.7 Å². The first-order valence-corrected chi connectivity index (χ1v) is 5.65. The van der Waals surface area contributed by atoms with Crippen molar-refractivity contribution < 1.29 is 9.15 Å². The molecule has 1 aromatic heterocycles. The maximum Gasteiger partial charge on any atom is 0.0938 e. The maximum atomic E-state index is 5.92. The lowest BCUT2D eigenvalue weighted by atomic mass is 9.89. The number of hydrogen-bond donors (Lipinski definition) is 1.